The van der Waals surface area contributed by atoms with Gasteiger partial charge >= 0.3 is 0 Å². The van der Waals surface area contributed by atoms with Crippen molar-refractivity contribution in [2.45, 2.75) is 117 Å². The average Bonchev–Trinajstić information content (AvgIpc) is 3.33. The van der Waals surface area contributed by atoms with E-state index in [4.69, 9.17) is 0 Å². The third kappa shape index (κ3) is 3.98. The van der Waals surface area contributed by atoms with Crippen LogP contribution in [0.1, 0.15) is 106 Å². The first-order valence-electron chi connectivity index (χ1n) is 15.0. The number of rotatable bonds is 2. The molecule has 0 amide bonds. The lowest BCUT2D eigenvalue weighted by atomic mass is 9.48. The van der Waals surface area contributed by atoms with Crippen molar-refractivity contribution in [2.24, 2.45) is 46.3 Å². The minimum Gasteiger partial charge on any atom is -0.386 e. The Bertz CT molecular complexity index is 806. The summed E-state index contributed by atoms with van der Waals surface area (Å²) in [5, 5.41) is 10.7. The Kier molecular flexibility index (Phi) is 6.67. The standard InChI is InChI=1S/C29H45NO.C3H8/c1-19-25(26(19)30-16-6-5-7-17-30)24-11-10-22-21-9-8-20-18-27(2,31)14-15-28(20,3)23(21)12-13-29(22,24)4;1-3-2/h8-9,18-19,21-26,31H,5-7,10-17H2,1-4H3;3H2,1-2H3/t19-,21?,22-,23+,24+,25?,26?,27?,28+,29-;/m0./s1. The van der Waals surface area contributed by atoms with Gasteiger partial charge in [0.25, 0.3) is 0 Å². The van der Waals surface area contributed by atoms with E-state index in [2.05, 4.69) is 57.7 Å². The second-order valence-electron chi connectivity index (χ2n) is 14.0. The maximum atomic E-state index is 10.7. The number of aliphatic hydroxyl groups is 1. The molecule has 0 aromatic heterocycles. The molecule has 34 heavy (non-hydrogen) atoms. The molecule has 6 aliphatic rings. The molecule has 5 aliphatic carbocycles. The lowest BCUT2D eigenvalue weighted by molar-refractivity contribution is -0.0323. The SMILES string of the molecule is CCC.C[C@H]1C([C@H]2CC[C@H]3C4C=CC5=CC(C)(O)CC[C@@]5(C)[C@@H]4CC[C@]23C)C1N1CCCCC1. The number of nitrogens with zero attached hydrogens (tertiary/aromatic N) is 1. The molecule has 0 radical (unpaired) electrons. The lowest BCUT2D eigenvalue weighted by Gasteiger charge is -2.57. The number of fused-ring (bicyclic) bond motifs is 5. The first-order valence-corrected chi connectivity index (χ1v) is 15.0. The molecule has 0 bridgehead atoms. The van der Waals surface area contributed by atoms with Gasteiger partial charge in [-0.2, -0.15) is 0 Å². The largest absolute Gasteiger partial charge is 0.386 e. The minimum atomic E-state index is -0.612. The van der Waals surface area contributed by atoms with Crippen LogP contribution in [0.3, 0.4) is 0 Å². The summed E-state index contributed by atoms with van der Waals surface area (Å²) in [7, 11) is 0. The van der Waals surface area contributed by atoms with Crippen molar-refractivity contribution >= 4 is 0 Å². The normalized spacial score (nSPS) is 52.0. The Balaban J connectivity index is 0.000000764. The molecular formula is C32H53NO. The van der Waals surface area contributed by atoms with E-state index in [1.54, 1.807) is 0 Å². The van der Waals surface area contributed by atoms with Crippen molar-refractivity contribution in [3.63, 3.8) is 0 Å². The summed E-state index contributed by atoms with van der Waals surface area (Å²) in [6.45, 7) is 16.8. The highest BCUT2D eigenvalue weighted by molar-refractivity contribution is 5.38. The molecule has 2 heteroatoms. The number of hydrogen-bond acceptors (Lipinski definition) is 2. The van der Waals surface area contributed by atoms with Gasteiger partial charge in [0.15, 0.2) is 0 Å². The molecule has 4 fully saturated rings. The van der Waals surface area contributed by atoms with Gasteiger partial charge in [0.2, 0.25) is 0 Å². The van der Waals surface area contributed by atoms with Gasteiger partial charge in [0.1, 0.15) is 0 Å². The van der Waals surface area contributed by atoms with Gasteiger partial charge in [0, 0.05) is 6.04 Å². The maximum absolute atomic E-state index is 10.7. The molecule has 1 aliphatic heterocycles. The molecule has 6 rings (SSSR count). The third-order valence-electron chi connectivity index (χ3n) is 11.7. The van der Waals surface area contributed by atoms with Crippen LogP contribution >= 0.6 is 0 Å². The van der Waals surface area contributed by atoms with Gasteiger partial charge in [-0.05, 0) is 129 Å². The zero-order valence-electron chi connectivity index (χ0n) is 23.2. The van der Waals surface area contributed by atoms with Crippen molar-refractivity contribution in [3.8, 4) is 0 Å². The Morgan fingerprint density at radius 2 is 1.59 bits per heavy atom. The van der Waals surface area contributed by atoms with E-state index in [1.807, 2.05) is 6.92 Å². The highest BCUT2D eigenvalue weighted by atomic mass is 16.3. The van der Waals surface area contributed by atoms with Gasteiger partial charge in [-0.15, -0.1) is 0 Å². The van der Waals surface area contributed by atoms with Crippen LogP contribution in [0.15, 0.2) is 23.8 Å². The van der Waals surface area contributed by atoms with Crippen LogP contribution in [-0.4, -0.2) is 34.7 Å². The van der Waals surface area contributed by atoms with E-state index in [0.29, 0.717) is 5.41 Å². The van der Waals surface area contributed by atoms with Crippen molar-refractivity contribution in [1.29, 1.82) is 0 Å². The molecule has 3 saturated carbocycles. The predicted octanol–water partition coefficient (Wildman–Crippen LogP) is 7.63. The van der Waals surface area contributed by atoms with Gasteiger partial charge in [-0.3, -0.25) is 4.90 Å². The number of likely N-dealkylation sites (tertiary alicyclic amines) is 1. The first-order chi connectivity index (χ1) is 16.2. The summed E-state index contributed by atoms with van der Waals surface area (Å²) in [4.78, 5) is 2.88. The Morgan fingerprint density at radius 3 is 2.29 bits per heavy atom. The smallest absolute Gasteiger partial charge is 0.0805 e. The number of allylic oxidation sites excluding steroid dienone is 3. The quantitative estimate of drug-likeness (QED) is 0.451. The zero-order valence-corrected chi connectivity index (χ0v) is 23.2. The van der Waals surface area contributed by atoms with E-state index < -0.39 is 5.60 Å². The lowest BCUT2D eigenvalue weighted by Crippen LogP contribution is -2.50. The summed E-state index contributed by atoms with van der Waals surface area (Å²) in [5.74, 6) is 5.26. The minimum absolute atomic E-state index is 0.282. The molecule has 4 unspecified atom stereocenters. The first kappa shape index (κ1) is 25.1. The van der Waals surface area contributed by atoms with Crippen molar-refractivity contribution < 1.29 is 5.11 Å². The molecule has 1 saturated heterocycles. The van der Waals surface area contributed by atoms with Gasteiger partial charge in [-0.1, -0.05) is 59.6 Å². The second kappa shape index (κ2) is 9.05. The Labute approximate surface area is 210 Å². The molecule has 1 N–H and O–H groups in total. The molecule has 0 aromatic carbocycles. The second-order valence-corrected chi connectivity index (χ2v) is 14.0. The zero-order chi connectivity index (χ0) is 24.3. The van der Waals surface area contributed by atoms with Crippen LogP contribution in [0.2, 0.25) is 0 Å². The van der Waals surface area contributed by atoms with E-state index in [1.165, 1.54) is 70.0 Å². The number of hydrogen-bond donors (Lipinski definition) is 1. The predicted molar refractivity (Wildman–Crippen MR) is 144 cm³/mol. The molecule has 1 heterocycles. The molecular weight excluding hydrogens is 414 g/mol. The summed E-state index contributed by atoms with van der Waals surface area (Å²) < 4.78 is 0. The topological polar surface area (TPSA) is 23.5 Å². The van der Waals surface area contributed by atoms with Crippen molar-refractivity contribution in [2.75, 3.05) is 13.1 Å². The van der Waals surface area contributed by atoms with E-state index in [9.17, 15) is 5.11 Å². The summed E-state index contributed by atoms with van der Waals surface area (Å²) in [6, 6.07) is 0.896. The summed E-state index contributed by atoms with van der Waals surface area (Å²) in [5.41, 5.74) is 1.65. The monoisotopic (exact) mass is 467 g/mol. The number of piperidine rings is 1. The van der Waals surface area contributed by atoms with Crippen LogP contribution < -0.4 is 0 Å². The summed E-state index contributed by atoms with van der Waals surface area (Å²) in [6.07, 6.45) is 20.6. The van der Waals surface area contributed by atoms with Crippen LogP contribution in [0, 0.1) is 46.3 Å². The average molecular weight is 468 g/mol. The van der Waals surface area contributed by atoms with Gasteiger partial charge in [0.05, 0.1) is 5.60 Å². The fourth-order valence-corrected chi connectivity index (χ4v) is 9.83. The highest BCUT2D eigenvalue weighted by Crippen LogP contribution is 2.69. The Morgan fingerprint density at radius 1 is 0.912 bits per heavy atom. The van der Waals surface area contributed by atoms with Crippen molar-refractivity contribution in [1.82, 2.24) is 4.90 Å². The van der Waals surface area contributed by atoms with E-state index in [-0.39, 0.29) is 5.41 Å². The third-order valence-corrected chi connectivity index (χ3v) is 11.7. The fourth-order valence-electron chi connectivity index (χ4n) is 9.83. The maximum Gasteiger partial charge on any atom is 0.0805 e. The molecule has 0 spiro atoms. The van der Waals surface area contributed by atoms with E-state index >= 15 is 0 Å². The van der Waals surface area contributed by atoms with E-state index in [0.717, 1.165) is 54.4 Å². The molecule has 10 atom stereocenters. The van der Waals surface area contributed by atoms with Gasteiger partial charge in [-0.25, -0.2) is 0 Å². The Hall–Kier alpha value is -0.600. The van der Waals surface area contributed by atoms with Gasteiger partial charge < -0.3 is 5.11 Å². The van der Waals surface area contributed by atoms with Crippen LogP contribution in [0.4, 0.5) is 0 Å². The fraction of sp³-hybridized carbons (Fsp3) is 0.875. The molecule has 2 nitrogen and oxygen atoms in total. The van der Waals surface area contributed by atoms with Crippen molar-refractivity contribution in [3.05, 3.63) is 23.8 Å². The van der Waals surface area contributed by atoms with Crippen LogP contribution in [-0.2, 0) is 0 Å². The van der Waals surface area contributed by atoms with Crippen LogP contribution in [0.5, 0.6) is 0 Å². The van der Waals surface area contributed by atoms with Crippen LogP contribution in [0.25, 0.3) is 0 Å². The summed E-state index contributed by atoms with van der Waals surface area (Å²) >= 11 is 0. The highest BCUT2D eigenvalue weighted by Gasteiger charge is 2.64. The molecule has 192 valence electrons. The molecule has 0 aromatic rings.